The van der Waals surface area contributed by atoms with E-state index in [1.807, 2.05) is 0 Å². The van der Waals surface area contributed by atoms with Crippen LogP contribution >= 0.6 is 17.0 Å². The molecule has 1 rings (SSSR count). The number of carbonyl (C=O) groups is 2. The minimum atomic E-state index is -0.581. The lowest BCUT2D eigenvalue weighted by molar-refractivity contribution is -0.151. The molecule has 0 amide bonds. The number of carbonyl (C=O) groups excluding carboxylic acids is 2. The summed E-state index contributed by atoms with van der Waals surface area (Å²) in [6, 6.07) is 0. The van der Waals surface area contributed by atoms with Gasteiger partial charge in [0, 0.05) is 13.0 Å². The van der Waals surface area contributed by atoms with Crippen LogP contribution in [0.15, 0.2) is 0 Å². The van der Waals surface area contributed by atoms with Gasteiger partial charge in [-0.1, -0.05) is 0 Å². The molecule has 5 heteroatoms. The predicted molar refractivity (Wildman–Crippen MR) is 57.6 cm³/mol. The largest absolute Gasteiger partial charge is 0.465 e. The second kappa shape index (κ2) is 6.95. The maximum absolute atomic E-state index is 11.4. The summed E-state index contributed by atoms with van der Waals surface area (Å²) in [6.07, 6.45) is 1.30. The number of ether oxygens (including phenoxy) is 1. The van der Waals surface area contributed by atoms with Crippen LogP contribution in [0.3, 0.4) is 0 Å². The number of rotatable bonds is 2. The third kappa shape index (κ3) is 3.75. The minimum Gasteiger partial charge on any atom is -0.465 e. The molecule has 0 aliphatic carbocycles. The lowest BCUT2D eigenvalue weighted by Crippen LogP contribution is -2.33. The Hall–Kier alpha value is -0.420. The zero-order chi connectivity index (χ0) is 9.68. The van der Waals surface area contributed by atoms with Crippen molar-refractivity contribution in [2.24, 2.45) is 5.92 Å². The molecule has 1 saturated heterocycles. The van der Waals surface area contributed by atoms with Crippen LogP contribution in [0.1, 0.15) is 19.8 Å². The van der Waals surface area contributed by atoms with Crippen LogP contribution in [0.2, 0.25) is 0 Å². The van der Waals surface area contributed by atoms with E-state index in [2.05, 4.69) is 5.32 Å². The molecule has 4 nitrogen and oxygen atoms in total. The van der Waals surface area contributed by atoms with Gasteiger partial charge in [-0.15, -0.1) is 17.0 Å². The molecular formula is C9H16BrNO3. The van der Waals surface area contributed by atoms with E-state index in [9.17, 15) is 9.59 Å². The molecule has 1 heterocycles. The van der Waals surface area contributed by atoms with Gasteiger partial charge in [-0.05, 0) is 19.9 Å². The van der Waals surface area contributed by atoms with E-state index in [-0.39, 0.29) is 28.7 Å². The molecule has 0 radical (unpaired) electrons. The van der Waals surface area contributed by atoms with Crippen LogP contribution in [0.5, 0.6) is 0 Å². The zero-order valence-corrected chi connectivity index (χ0v) is 9.96. The summed E-state index contributed by atoms with van der Waals surface area (Å²) in [5.41, 5.74) is 0. The van der Waals surface area contributed by atoms with E-state index in [1.54, 1.807) is 6.92 Å². The lowest BCUT2D eigenvalue weighted by Gasteiger charge is -2.10. The summed E-state index contributed by atoms with van der Waals surface area (Å²) in [5, 5.41) is 3.05. The first-order valence-corrected chi connectivity index (χ1v) is 4.65. The molecule has 0 bridgehead atoms. The van der Waals surface area contributed by atoms with Crippen LogP contribution in [-0.2, 0) is 14.3 Å². The first kappa shape index (κ1) is 13.6. The Morgan fingerprint density at radius 1 is 1.64 bits per heavy atom. The highest BCUT2D eigenvalue weighted by Gasteiger charge is 2.28. The highest BCUT2D eigenvalue weighted by molar-refractivity contribution is 8.93. The molecule has 0 aromatic heterocycles. The van der Waals surface area contributed by atoms with Gasteiger partial charge in [0.1, 0.15) is 11.7 Å². The van der Waals surface area contributed by atoms with Crippen LogP contribution < -0.4 is 5.32 Å². The molecule has 1 aliphatic rings. The van der Waals surface area contributed by atoms with Crippen molar-refractivity contribution in [3.63, 3.8) is 0 Å². The van der Waals surface area contributed by atoms with Gasteiger partial charge < -0.3 is 10.1 Å². The number of nitrogens with one attached hydrogen (secondary N) is 1. The number of hydrogen-bond acceptors (Lipinski definition) is 4. The molecule has 1 fully saturated rings. The quantitative estimate of drug-likeness (QED) is 0.590. The molecule has 1 N–H and O–H groups in total. The molecule has 0 spiro atoms. The monoisotopic (exact) mass is 265 g/mol. The molecule has 0 aromatic rings. The number of Topliss-reactive ketones (excluding diaryl/α,β-unsaturated/α-hetero) is 1. The molecule has 1 unspecified atom stereocenters. The molecular weight excluding hydrogens is 250 g/mol. The van der Waals surface area contributed by atoms with E-state index in [0.717, 1.165) is 13.0 Å². The highest BCUT2D eigenvalue weighted by Crippen LogP contribution is 2.08. The Morgan fingerprint density at radius 3 is 3.00 bits per heavy atom. The van der Waals surface area contributed by atoms with Crippen LogP contribution in [0.4, 0.5) is 0 Å². The van der Waals surface area contributed by atoms with Gasteiger partial charge >= 0.3 is 5.97 Å². The van der Waals surface area contributed by atoms with Crippen molar-refractivity contribution in [2.45, 2.75) is 19.8 Å². The van der Waals surface area contributed by atoms with Crippen molar-refractivity contribution in [2.75, 3.05) is 19.7 Å². The Kier molecular flexibility index (Phi) is 6.74. The molecule has 82 valence electrons. The van der Waals surface area contributed by atoms with E-state index in [0.29, 0.717) is 19.6 Å². The van der Waals surface area contributed by atoms with Crippen molar-refractivity contribution < 1.29 is 14.3 Å². The van der Waals surface area contributed by atoms with Gasteiger partial charge in [-0.25, -0.2) is 0 Å². The molecule has 0 aromatic carbocycles. The van der Waals surface area contributed by atoms with Crippen LogP contribution in [-0.4, -0.2) is 31.4 Å². The number of ketones is 1. The summed E-state index contributed by atoms with van der Waals surface area (Å²) >= 11 is 0. The Morgan fingerprint density at radius 2 is 2.36 bits per heavy atom. The molecule has 14 heavy (non-hydrogen) atoms. The second-order valence-corrected chi connectivity index (χ2v) is 3.08. The summed E-state index contributed by atoms with van der Waals surface area (Å²) in [7, 11) is 0. The van der Waals surface area contributed by atoms with Gasteiger partial charge in [-0.2, -0.15) is 0 Å². The fourth-order valence-electron chi connectivity index (χ4n) is 1.38. The fourth-order valence-corrected chi connectivity index (χ4v) is 1.38. The SMILES string of the molecule is Br.CCOC(=O)C1CNCCCC1=O. The topological polar surface area (TPSA) is 55.4 Å². The second-order valence-electron chi connectivity index (χ2n) is 3.08. The minimum absolute atomic E-state index is 0. The van der Waals surface area contributed by atoms with Gasteiger partial charge in [0.05, 0.1) is 6.61 Å². The van der Waals surface area contributed by atoms with Crippen molar-refractivity contribution in [3.05, 3.63) is 0 Å². The number of halogens is 1. The standard InChI is InChI=1S/C9H15NO3.BrH/c1-2-13-9(12)7-6-10-5-3-4-8(7)11;/h7,10H,2-6H2,1H3;1H. The Bertz CT molecular complexity index is 208. The smallest absolute Gasteiger partial charge is 0.317 e. The fraction of sp³-hybridized carbons (Fsp3) is 0.778. The predicted octanol–water partition coefficient (Wildman–Crippen LogP) is 0.696. The zero-order valence-electron chi connectivity index (χ0n) is 8.25. The normalized spacial score (nSPS) is 22.1. The summed E-state index contributed by atoms with van der Waals surface area (Å²) in [5.74, 6) is -0.965. The van der Waals surface area contributed by atoms with Gasteiger partial charge in [0.15, 0.2) is 0 Å². The van der Waals surface area contributed by atoms with E-state index >= 15 is 0 Å². The number of hydrogen-bond donors (Lipinski definition) is 1. The highest BCUT2D eigenvalue weighted by atomic mass is 79.9. The number of esters is 1. The van der Waals surface area contributed by atoms with Gasteiger partial charge in [0.25, 0.3) is 0 Å². The average molecular weight is 266 g/mol. The lowest BCUT2D eigenvalue weighted by atomic mass is 10.0. The summed E-state index contributed by atoms with van der Waals surface area (Å²) in [6.45, 7) is 3.31. The van der Waals surface area contributed by atoms with Crippen molar-refractivity contribution in [1.29, 1.82) is 0 Å². The van der Waals surface area contributed by atoms with E-state index < -0.39 is 5.92 Å². The van der Waals surface area contributed by atoms with Crippen molar-refractivity contribution in [1.82, 2.24) is 5.32 Å². The molecule has 0 saturated carbocycles. The van der Waals surface area contributed by atoms with E-state index in [4.69, 9.17) is 4.74 Å². The molecule has 1 atom stereocenters. The summed E-state index contributed by atoms with van der Waals surface area (Å²) in [4.78, 5) is 22.7. The maximum Gasteiger partial charge on any atom is 0.317 e. The molecule has 1 aliphatic heterocycles. The van der Waals surface area contributed by atoms with Crippen molar-refractivity contribution in [3.8, 4) is 0 Å². The first-order valence-electron chi connectivity index (χ1n) is 4.65. The first-order chi connectivity index (χ1) is 6.25. The van der Waals surface area contributed by atoms with Gasteiger partial charge in [0.2, 0.25) is 0 Å². The summed E-state index contributed by atoms with van der Waals surface area (Å²) < 4.78 is 4.81. The third-order valence-electron chi connectivity index (χ3n) is 2.08. The third-order valence-corrected chi connectivity index (χ3v) is 2.08. The maximum atomic E-state index is 11.4. The van der Waals surface area contributed by atoms with Crippen molar-refractivity contribution >= 4 is 28.7 Å². The van der Waals surface area contributed by atoms with Crippen LogP contribution in [0, 0.1) is 5.92 Å². The van der Waals surface area contributed by atoms with Crippen LogP contribution in [0.25, 0.3) is 0 Å². The Labute approximate surface area is 94.2 Å². The van der Waals surface area contributed by atoms with Gasteiger partial charge in [-0.3, -0.25) is 9.59 Å². The van der Waals surface area contributed by atoms with E-state index in [1.165, 1.54) is 0 Å². The average Bonchev–Trinajstić information content (AvgIpc) is 2.30. The Balaban J connectivity index is 0.00000169.